The summed E-state index contributed by atoms with van der Waals surface area (Å²) in [4.78, 5) is 11.7. The number of rotatable bonds is 0. The second-order valence-corrected chi connectivity index (χ2v) is 5.28. The first-order valence-corrected chi connectivity index (χ1v) is 6.44. The predicted molar refractivity (Wildman–Crippen MR) is 70.0 cm³/mol. The lowest BCUT2D eigenvalue weighted by Gasteiger charge is -2.18. The summed E-state index contributed by atoms with van der Waals surface area (Å²) in [6.07, 6.45) is 7.42. The van der Waals surface area contributed by atoms with Gasteiger partial charge in [0.25, 0.3) is 0 Å². The maximum atomic E-state index is 11.7. The lowest BCUT2D eigenvalue weighted by Crippen LogP contribution is -2.20. The molecule has 1 saturated heterocycles. The number of hydrogen-bond donors (Lipinski definition) is 1. The molecule has 0 amide bonds. The van der Waals surface area contributed by atoms with Crippen LogP contribution in [0, 0.1) is 11.8 Å². The normalized spacial score (nSPS) is 41.6. The minimum absolute atomic E-state index is 0.227. The van der Waals surface area contributed by atoms with E-state index in [1.54, 1.807) is 6.08 Å². The first kappa shape index (κ1) is 12.9. The van der Waals surface area contributed by atoms with Gasteiger partial charge in [-0.05, 0) is 38.8 Å². The fraction of sp³-hybridized carbons (Fsp3) is 0.533. The fourth-order valence-electron chi connectivity index (χ4n) is 2.59. The van der Waals surface area contributed by atoms with E-state index in [4.69, 9.17) is 4.74 Å². The molecule has 1 fully saturated rings. The van der Waals surface area contributed by atoms with Crippen LogP contribution in [0.3, 0.4) is 0 Å². The molecular weight excluding hydrogens is 228 g/mol. The summed E-state index contributed by atoms with van der Waals surface area (Å²) in [6, 6.07) is 0. The first-order chi connectivity index (χ1) is 8.49. The van der Waals surface area contributed by atoms with Crippen molar-refractivity contribution in [3.8, 4) is 0 Å². The van der Waals surface area contributed by atoms with E-state index in [0.717, 1.165) is 18.4 Å². The van der Waals surface area contributed by atoms with Crippen LogP contribution in [0.1, 0.15) is 33.6 Å². The van der Waals surface area contributed by atoms with Gasteiger partial charge in [0.1, 0.15) is 11.9 Å². The van der Waals surface area contributed by atoms with Crippen LogP contribution in [0.5, 0.6) is 0 Å². The van der Waals surface area contributed by atoms with Crippen LogP contribution >= 0.6 is 0 Å². The molecule has 3 nitrogen and oxygen atoms in total. The van der Waals surface area contributed by atoms with Gasteiger partial charge in [-0.1, -0.05) is 24.1 Å². The van der Waals surface area contributed by atoms with Gasteiger partial charge in [-0.3, -0.25) is 4.79 Å². The van der Waals surface area contributed by atoms with Crippen LogP contribution in [0.25, 0.3) is 0 Å². The molecule has 0 aromatic heterocycles. The van der Waals surface area contributed by atoms with Crippen molar-refractivity contribution < 1.29 is 14.6 Å². The quantitative estimate of drug-likeness (QED) is 0.528. The standard InChI is InChI=1S/C15H20O3/c1-9-5-4-6-10(2)8-13-14(12(16)7-9)11(3)15(17)18-13/h5,7-8,11,13-14,16H,4,6H2,1-3H3/b9-5+,10-8+,12-7+/t11-,13+,14+/m0/s1. The Bertz CT molecular complexity index is 443. The molecule has 1 heterocycles. The molecule has 1 aliphatic carbocycles. The van der Waals surface area contributed by atoms with Crippen LogP contribution in [0.4, 0.5) is 0 Å². The van der Waals surface area contributed by atoms with Crippen molar-refractivity contribution >= 4 is 5.97 Å². The molecular formula is C15H20O3. The van der Waals surface area contributed by atoms with Crippen molar-refractivity contribution in [1.29, 1.82) is 0 Å². The summed E-state index contributed by atoms with van der Waals surface area (Å²) in [5, 5.41) is 10.2. The van der Waals surface area contributed by atoms with Gasteiger partial charge in [-0.25, -0.2) is 0 Å². The summed E-state index contributed by atoms with van der Waals surface area (Å²) in [7, 11) is 0. The van der Waals surface area contributed by atoms with Crippen LogP contribution in [0.15, 0.2) is 35.1 Å². The lowest BCUT2D eigenvalue weighted by molar-refractivity contribution is -0.142. The molecule has 2 rings (SSSR count). The summed E-state index contributed by atoms with van der Waals surface area (Å²) in [5.74, 6) is -0.524. The Balaban J connectivity index is 2.41. The van der Waals surface area contributed by atoms with Gasteiger partial charge in [0.2, 0.25) is 0 Å². The number of carbonyl (C=O) groups is 1. The third kappa shape index (κ3) is 2.50. The SMILES string of the molecule is CC1=C\CC/C(C)=C/[C@H]2OC(=O)[C@@H](C)[C@@H]2/C(O)=C\1. The second kappa shape index (κ2) is 5.01. The molecule has 0 aromatic carbocycles. The van der Waals surface area contributed by atoms with Crippen LogP contribution in [0.2, 0.25) is 0 Å². The summed E-state index contributed by atoms with van der Waals surface area (Å²) < 4.78 is 5.35. The number of ether oxygens (including phenoxy) is 1. The van der Waals surface area contributed by atoms with E-state index in [1.165, 1.54) is 5.57 Å². The Hall–Kier alpha value is -1.51. The zero-order valence-corrected chi connectivity index (χ0v) is 11.1. The summed E-state index contributed by atoms with van der Waals surface area (Å²) in [6.45, 7) is 5.82. The Morgan fingerprint density at radius 3 is 2.83 bits per heavy atom. The zero-order valence-electron chi connectivity index (χ0n) is 11.1. The molecule has 0 saturated carbocycles. The average Bonchev–Trinajstić information content (AvgIpc) is 2.53. The predicted octanol–water partition coefficient (Wildman–Crippen LogP) is 3.29. The number of carbonyl (C=O) groups excluding carboxylic acids is 1. The van der Waals surface area contributed by atoms with Crippen LogP contribution in [-0.2, 0) is 9.53 Å². The fourth-order valence-corrected chi connectivity index (χ4v) is 2.59. The highest BCUT2D eigenvalue weighted by molar-refractivity contribution is 5.76. The van der Waals surface area contributed by atoms with Crippen molar-refractivity contribution in [2.24, 2.45) is 11.8 Å². The molecule has 0 radical (unpaired) electrons. The van der Waals surface area contributed by atoms with E-state index in [1.807, 2.05) is 26.8 Å². The van der Waals surface area contributed by atoms with Gasteiger partial charge in [0, 0.05) is 0 Å². The van der Waals surface area contributed by atoms with E-state index < -0.39 is 0 Å². The average molecular weight is 248 g/mol. The molecule has 98 valence electrons. The molecule has 0 bridgehead atoms. The molecule has 18 heavy (non-hydrogen) atoms. The monoisotopic (exact) mass is 248 g/mol. The van der Waals surface area contributed by atoms with Crippen molar-refractivity contribution in [1.82, 2.24) is 0 Å². The Labute approximate surface area is 108 Å². The van der Waals surface area contributed by atoms with E-state index in [9.17, 15) is 9.90 Å². The molecule has 0 spiro atoms. The van der Waals surface area contributed by atoms with Gasteiger partial charge in [-0.15, -0.1) is 0 Å². The zero-order chi connectivity index (χ0) is 13.3. The van der Waals surface area contributed by atoms with Gasteiger partial charge in [0.05, 0.1) is 11.8 Å². The minimum Gasteiger partial charge on any atom is -0.512 e. The number of aliphatic hydroxyl groups excluding tert-OH is 1. The highest BCUT2D eigenvalue weighted by Crippen LogP contribution is 2.35. The van der Waals surface area contributed by atoms with Crippen LogP contribution < -0.4 is 0 Å². The number of aliphatic hydroxyl groups is 1. The maximum absolute atomic E-state index is 11.7. The minimum atomic E-state index is -0.324. The molecule has 2 aliphatic rings. The molecule has 3 heteroatoms. The smallest absolute Gasteiger partial charge is 0.310 e. The summed E-state index contributed by atoms with van der Waals surface area (Å²) in [5.41, 5.74) is 2.23. The van der Waals surface area contributed by atoms with Gasteiger partial charge in [-0.2, -0.15) is 0 Å². The molecule has 0 unspecified atom stereocenters. The number of allylic oxidation sites excluding steroid dienone is 4. The van der Waals surface area contributed by atoms with E-state index in [2.05, 4.69) is 6.08 Å². The summed E-state index contributed by atoms with van der Waals surface area (Å²) >= 11 is 0. The second-order valence-electron chi connectivity index (χ2n) is 5.28. The maximum Gasteiger partial charge on any atom is 0.310 e. The Morgan fingerprint density at radius 1 is 1.39 bits per heavy atom. The van der Waals surface area contributed by atoms with Gasteiger partial charge >= 0.3 is 5.97 Å². The topological polar surface area (TPSA) is 46.5 Å². The van der Waals surface area contributed by atoms with Crippen molar-refractivity contribution in [2.75, 3.05) is 0 Å². The number of hydrogen-bond acceptors (Lipinski definition) is 3. The van der Waals surface area contributed by atoms with Crippen LogP contribution in [-0.4, -0.2) is 17.2 Å². The molecule has 1 aliphatic heterocycles. The van der Waals surface area contributed by atoms with E-state index in [0.29, 0.717) is 0 Å². The third-order valence-corrected chi connectivity index (χ3v) is 3.69. The van der Waals surface area contributed by atoms with Crippen molar-refractivity contribution in [2.45, 2.75) is 39.7 Å². The van der Waals surface area contributed by atoms with Gasteiger partial charge in [0.15, 0.2) is 0 Å². The molecule has 3 atom stereocenters. The Morgan fingerprint density at radius 2 is 2.11 bits per heavy atom. The largest absolute Gasteiger partial charge is 0.512 e. The van der Waals surface area contributed by atoms with Gasteiger partial charge < -0.3 is 9.84 Å². The van der Waals surface area contributed by atoms with E-state index >= 15 is 0 Å². The van der Waals surface area contributed by atoms with E-state index in [-0.39, 0.29) is 29.7 Å². The molecule has 1 N–H and O–H groups in total. The third-order valence-electron chi connectivity index (χ3n) is 3.69. The molecule has 0 aromatic rings. The van der Waals surface area contributed by atoms with Crippen molar-refractivity contribution in [3.05, 3.63) is 35.1 Å². The highest BCUT2D eigenvalue weighted by Gasteiger charge is 2.43. The van der Waals surface area contributed by atoms with Crippen molar-refractivity contribution in [3.63, 3.8) is 0 Å². The Kier molecular flexibility index (Phi) is 3.60. The number of fused-ring (bicyclic) bond motifs is 1. The first-order valence-electron chi connectivity index (χ1n) is 6.44. The number of esters is 1. The highest BCUT2D eigenvalue weighted by atomic mass is 16.6. The lowest BCUT2D eigenvalue weighted by atomic mass is 9.87.